The van der Waals surface area contributed by atoms with Crippen LogP contribution in [0.1, 0.15) is 0 Å². The standard InChI is InChI=1S/C15H12BrN3O3S/c1-22-10-3-4-11-12(6-10)23-15(17-11)18-13(20)8-19-7-9(16)2-5-14(19)21/h2-7H,8H2,1H3,(H,17,18,20). The van der Waals surface area contributed by atoms with Crippen molar-refractivity contribution < 1.29 is 9.53 Å². The number of methoxy groups -OCH3 is 1. The summed E-state index contributed by atoms with van der Waals surface area (Å²) in [5, 5.41) is 3.20. The number of fused-ring (bicyclic) bond motifs is 1. The maximum Gasteiger partial charge on any atom is 0.251 e. The number of rotatable bonds is 4. The van der Waals surface area contributed by atoms with E-state index >= 15 is 0 Å². The molecule has 0 atom stereocenters. The van der Waals surface area contributed by atoms with Gasteiger partial charge in [-0.3, -0.25) is 9.59 Å². The van der Waals surface area contributed by atoms with Gasteiger partial charge in [-0.25, -0.2) is 4.98 Å². The van der Waals surface area contributed by atoms with Crippen molar-refractivity contribution in [3.05, 3.63) is 51.4 Å². The molecule has 0 aliphatic heterocycles. The lowest BCUT2D eigenvalue weighted by atomic mass is 10.3. The first kappa shape index (κ1) is 15.7. The molecule has 2 aromatic heterocycles. The molecule has 6 nitrogen and oxygen atoms in total. The Hall–Kier alpha value is -2.19. The number of hydrogen-bond acceptors (Lipinski definition) is 5. The molecule has 0 saturated heterocycles. The van der Waals surface area contributed by atoms with Crippen molar-refractivity contribution >= 4 is 48.5 Å². The number of benzene rings is 1. The molecule has 2 heterocycles. The van der Waals surface area contributed by atoms with Crippen molar-refractivity contribution in [2.75, 3.05) is 12.4 Å². The molecule has 1 aromatic carbocycles. The molecule has 118 valence electrons. The monoisotopic (exact) mass is 393 g/mol. The Morgan fingerprint density at radius 3 is 3.00 bits per heavy atom. The van der Waals surface area contributed by atoms with Crippen molar-refractivity contribution in [1.29, 1.82) is 0 Å². The van der Waals surface area contributed by atoms with Gasteiger partial charge in [-0.15, -0.1) is 0 Å². The van der Waals surface area contributed by atoms with Gasteiger partial charge in [0.25, 0.3) is 5.56 Å². The number of amides is 1. The number of hydrogen-bond donors (Lipinski definition) is 1. The maximum absolute atomic E-state index is 12.1. The van der Waals surface area contributed by atoms with Gasteiger partial charge in [0.05, 0.1) is 17.3 Å². The molecule has 1 amide bonds. The minimum Gasteiger partial charge on any atom is -0.497 e. The van der Waals surface area contributed by atoms with Gasteiger partial charge in [0, 0.05) is 16.7 Å². The molecule has 3 rings (SSSR count). The number of thiazole rings is 1. The van der Waals surface area contributed by atoms with Crippen LogP contribution in [0.25, 0.3) is 10.2 Å². The van der Waals surface area contributed by atoms with E-state index in [1.54, 1.807) is 19.4 Å². The van der Waals surface area contributed by atoms with Crippen LogP contribution in [0.4, 0.5) is 5.13 Å². The van der Waals surface area contributed by atoms with Crippen LogP contribution in [0, 0.1) is 0 Å². The second-order valence-corrected chi connectivity index (χ2v) is 6.66. The lowest BCUT2D eigenvalue weighted by Crippen LogP contribution is -2.26. The number of anilines is 1. The molecule has 8 heteroatoms. The van der Waals surface area contributed by atoms with E-state index in [0.717, 1.165) is 20.4 Å². The quantitative estimate of drug-likeness (QED) is 0.739. The molecule has 0 spiro atoms. The molecule has 0 radical (unpaired) electrons. The summed E-state index contributed by atoms with van der Waals surface area (Å²) in [6, 6.07) is 8.55. The van der Waals surface area contributed by atoms with E-state index in [9.17, 15) is 9.59 Å². The molecular formula is C15H12BrN3O3S. The molecule has 0 aliphatic rings. The zero-order valence-corrected chi connectivity index (χ0v) is 14.5. The molecule has 23 heavy (non-hydrogen) atoms. The van der Waals surface area contributed by atoms with Crippen LogP contribution in [0.3, 0.4) is 0 Å². The summed E-state index contributed by atoms with van der Waals surface area (Å²) in [4.78, 5) is 28.2. The Labute approximate surface area is 143 Å². The number of carbonyl (C=O) groups is 1. The summed E-state index contributed by atoms with van der Waals surface area (Å²) in [5.74, 6) is 0.427. The first-order chi connectivity index (χ1) is 11.0. The highest BCUT2D eigenvalue weighted by atomic mass is 79.9. The molecule has 3 aromatic rings. The summed E-state index contributed by atoms with van der Waals surface area (Å²) in [6.07, 6.45) is 1.57. The van der Waals surface area contributed by atoms with Crippen molar-refractivity contribution in [3.8, 4) is 5.75 Å². The van der Waals surface area contributed by atoms with Crippen LogP contribution in [-0.2, 0) is 11.3 Å². The minimum absolute atomic E-state index is 0.0719. The highest BCUT2D eigenvalue weighted by Crippen LogP contribution is 2.29. The third-order valence-electron chi connectivity index (χ3n) is 3.10. The van der Waals surface area contributed by atoms with Crippen molar-refractivity contribution in [2.45, 2.75) is 6.54 Å². The summed E-state index contributed by atoms with van der Waals surface area (Å²) < 4.78 is 8.14. The first-order valence-electron chi connectivity index (χ1n) is 6.65. The average Bonchev–Trinajstić information content (AvgIpc) is 2.91. The highest BCUT2D eigenvalue weighted by Gasteiger charge is 2.10. The molecule has 0 unspecified atom stereocenters. The first-order valence-corrected chi connectivity index (χ1v) is 8.26. The zero-order chi connectivity index (χ0) is 16.4. The Morgan fingerprint density at radius 1 is 1.39 bits per heavy atom. The number of halogens is 1. The molecule has 0 saturated carbocycles. The second kappa shape index (κ2) is 6.51. The van der Waals surface area contributed by atoms with E-state index in [0.29, 0.717) is 5.13 Å². The number of carbonyl (C=O) groups excluding carboxylic acids is 1. The molecule has 0 bridgehead atoms. The molecule has 0 aliphatic carbocycles. The van der Waals surface area contributed by atoms with Crippen molar-refractivity contribution in [1.82, 2.24) is 9.55 Å². The number of nitrogens with one attached hydrogen (secondary N) is 1. The van der Waals surface area contributed by atoms with Crippen LogP contribution in [0.2, 0.25) is 0 Å². The second-order valence-electron chi connectivity index (χ2n) is 4.71. The van der Waals surface area contributed by atoms with E-state index in [1.165, 1.54) is 22.0 Å². The van der Waals surface area contributed by atoms with Crippen LogP contribution >= 0.6 is 27.3 Å². The van der Waals surface area contributed by atoms with E-state index < -0.39 is 0 Å². The Morgan fingerprint density at radius 2 is 2.22 bits per heavy atom. The normalized spacial score (nSPS) is 10.7. The smallest absolute Gasteiger partial charge is 0.251 e. The van der Waals surface area contributed by atoms with Gasteiger partial charge in [-0.1, -0.05) is 11.3 Å². The number of ether oxygens (including phenoxy) is 1. The molecule has 0 fully saturated rings. The SMILES string of the molecule is COc1ccc2nc(NC(=O)Cn3cc(Br)ccc3=O)sc2c1. The Balaban J connectivity index is 1.77. The fraction of sp³-hybridized carbons (Fsp3) is 0.133. The lowest BCUT2D eigenvalue weighted by molar-refractivity contribution is -0.116. The molecule has 1 N–H and O–H groups in total. The summed E-state index contributed by atoms with van der Waals surface area (Å²) in [5.41, 5.74) is 0.545. The largest absolute Gasteiger partial charge is 0.497 e. The third kappa shape index (κ3) is 3.59. The fourth-order valence-electron chi connectivity index (χ4n) is 2.02. The average molecular weight is 394 g/mol. The molecular weight excluding hydrogens is 382 g/mol. The van der Waals surface area contributed by atoms with E-state index in [2.05, 4.69) is 26.2 Å². The van der Waals surface area contributed by atoms with E-state index in [-0.39, 0.29) is 18.0 Å². The van der Waals surface area contributed by atoms with Gasteiger partial charge in [0.1, 0.15) is 12.3 Å². The number of pyridine rings is 1. The third-order valence-corrected chi connectivity index (χ3v) is 4.51. The van der Waals surface area contributed by atoms with Gasteiger partial charge in [-0.2, -0.15) is 0 Å². The predicted molar refractivity (Wildman–Crippen MR) is 93.2 cm³/mol. The summed E-state index contributed by atoms with van der Waals surface area (Å²) >= 11 is 4.63. The highest BCUT2D eigenvalue weighted by molar-refractivity contribution is 9.10. The Kier molecular flexibility index (Phi) is 4.44. The number of nitrogens with zero attached hydrogens (tertiary/aromatic N) is 2. The van der Waals surface area contributed by atoms with Crippen LogP contribution in [0.5, 0.6) is 5.75 Å². The predicted octanol–water partition coefficient (Wildman–Crippen LogP) is 2.87. The van der Waals surface area contributed by atoms with Crippen LogP contribution in [0.15, 0.2) is 45.8 Å². The van der Waals surface area contributed by atoms with Gasteiger partial charge >= 0.3 is 0 Å². The number of aromatic nitrogens is 2. The van der Waals surface area contributed by atoms with Crippen molar-refractivity contribution in [3.63, 3.8) is 0 Å². The lowest BCUT2D eigenvalue weighted by Gasteiger charge is -2.05. The van der Waals surface area contributed by atoms with Crippen molar-refractivity contribution in [2.24, 2.45) is 0 Å². The zero-order valence-electron chi connectivity index (χ0n) is 12.1. The van der Waals surface area contributed by atoms with Crippen LogP contribution < -0.4 is 15.6 Å². The fourth-order valence-corrected chi connectivity index (χ4v) is 3.31. The van der Waals surface area contributed by atoms with Gasteiger partial charge in [-0.05, 0) is 40.2 Å². The van der Waals surface area contributed by atoms with Gasteiger partial charge in [0.15, 0.2) is 5.13 Å². The Bertz CT molecular complexity index is 935. The van der Waals surface area contributed by atoms with E-state index in [4.69, 9.17) is 4.74 Å². The van der Waals surface area contributed by atoms with E-state index in [1.807, 2.05) is 18.2 Å². The van der Waals surface area contributed by atoms with Gasteiger partial charge in [0.2, 0.25) is 5.91 Å². The minimum atomic E-state index is -0.309. The topological polar surface area (TPSA) is 73.2 Å². The van der Waals surface area contributed by atoms with Crippen LogP contribution in [-0.4, -0.2) is 22.6 Å². The summed E-state index contributed by atoms with van der Waals surface area (Å²) in [7, 11) is 1.60. The summed E-state index contributed by atoms with van der Waals surface area (Å²) in [6.45, 7) is -0.0719. The maximum atomic E-state index is 12.1. The van der Waals surface area contributed by atoms with Gasteiger partial charge < -0.3 is 14.6 Å².